The first-order chi connectivity index (χ1) is 10.9. The number of hydrogen-bond acceptors (Lipinski definition) is 7. The predicted molar refractivity (Wildman–Crippen MR) is 92.0 cm³/mol. The van der Waals surface area contributed by atoms with Gasteiger partial charge in [-0.25, -0.2) is 18.1 Å². The molecule has 0 spiro atoms. The van der Waals surface area contributed by atoms with Gasteiger partial charge in [0.15, 0.2) is 20.6 Å². The van der Waals surface area contributed by atoms with Crippen molar-refractivity contribution in [2.75, 3.05) is 42.6 Å². The predicted octanol–water partition coefficient (Wildman–Crippen LogP) is 0.647. The summed E-state index contributed by atoms with van der Waals surface area (Å²) in [5.41, 5.74) is 1.98. The minimum Gasteiger partial charge on any atom is -0.345 e. The van der Waals surface area contributed by atoms with Crippen LogP contribution in [0, 0.1) is 6.92 Å². The van der Waals surface area contributed by atoms with E-state index in [0.717, 1.165) is 53.8 Å². The molecular weight excluding hydrogens is 334 g/mol. The first kappa shape index (κ1) is 15.3. The topological polar surface area (TPSA) is 71.3 Å². The Labute approximate surface area is 139 Å². The highest BCUT2D eigenvalue weighted by molar-refractivity contribution is 7.91. The molecule has 126 valence electrons. The first-order valence-corrected chi connectivity index (χ1v) is 10.6. The van der Waals surface area contributed by atoms with E-state index in [1.165, 1.54) is 0 Å². The van der Waals surface area contributed by atoms with Gasteiger partial charge >= 0.3 is 0 Å². The molecular formula is C14H21N5O2S2. The second kappa shape index (κ2) is 5.42. The molecule has 7 nitrogen and oxygen atoms in total. The maximum Gasteiger partial charge on any atom is 0.188 e. The molecule has 2 aromatic heterocycles. The lowest BCUT2D eigenvalue weighted by Gasteiger charge is -2.37. The highest BCUT2D eigenvalue weighted by Crippen LogP contribution is 2.31. The van der Waals surface area contributed by atoms with Crippen molar-refractivity contribution in [2.24, 2.45) is 7.05 Å². The molecule has 2 saturated heterocycles. The van der Waals surface area contributed by atoms with E-state index >= 15 is 0 Å². The average Bonchev–Trinajstić information content (AvgIpc) is 3.16. The van der Waals surface area contributed by atoms with Crippen LogP contribution in [0.2, 0.25) is 0 Å². The summed E-state index contributed by atoms with van der Waals surface area (Å²) in [6.45, 7) is 5.65. The van der Waals surface area contributed by atoms with E-state index in [2.05, 4.69) is 14.9 Å². The molecule has 0 bridgehead atoms. The van der Waals surface area contributed by atoms with E-state index in [9.17, 15) is 8.42 Å². The van der Waals surface area contributed by atoms with Gasteiger partial charge in [0.2, 0.25) is 0 Å². The third kappa shape index (κ3) is 2.74. The summed E-state index contributed by atoms with van der Waals surface area (Å²) in [7, 11) is -0.877. The zero-order chi connectivity index (χ0) is 16.2. The normalized spacial score (nSPS) is 25.5. The van der Waals surface area contributed by atoms with Gasteiger partial charge in [0.05, 0.1) is 21.9 Å². The summed E-state index contributed by atoms with van der Waals surface area (Å²) < 4.78 is 26.3. The summed E-state index contributed by atoms with van der Waals surface area (Å²) in [5.74, 6) is 0.682. The van der Waals surface area contributed by atoms with Crippen LogP contribution in [-0.2, 0) is 16.9 Å². The summed E-state index contributed by atoms with van der Waals surface area (Å²) in [6, 6.07) is 0.212. The molecule has 2 aliphatic heterocycles. The van der Waals surface area contributed by atoms with Crippen molar-refractivity contribution < 1.29 is 8.42 Å². The number of piperazine rings is 1. The second-order valence-corrected chi connectivity index (χ2v) is 9.64. The van der Waals surface area contributed by atoms with E-state index < -0.39 is 9.84 Å². The molecule has 4 heterocycles. The van der Waals surface area contributed by atoms with Crippen LogP contribution in [0.3, 0.4) is 0 Å². The van der Waals surface area contributed by atoms with Gasteiger partial charge in [-0.05, 0) is 13.3 Å². The molecule has 23 heavy (non-hydrogen) atoms. The third-order valence-electron chi connectivity index (χ3n) is 4.84. The third-order valence-corrected chi connectivity index (χ3v) is 7.81. The molecule has 0 amide bonds. The molecule has 0 aliphatic carbocycles. The molecule has 0 saturated carbocycles. The molecule has 2 aromatic rings. The minimum absolute atomic E-state index is 0.212. The standard InChI is InChI=1S/C14H21N5O2S2/c1-10-12-13(17(2)16-10)15-14(22-12)19-6-4-18(5-7-19)11-3-8-23(20,21)9-11/h11H,3-9H2,1-2H3/t11-/m0/s1. The van der Waals surface area contributed by atoms with E-state index in [4.69, 9.17) is 4.98 Å². The Balaban J connectivity index is 1.45. The Bertz CT molecular complexity index is 798. The maximum atomic E-state index is 11.6. The van der Waals surface area contributed by atoms with Crippen molar-refractivity contribution in [1.29, 1.82) is 0 Å². The molecule has 0 N–H and O–H groups in total. The molecule has 0 unspecified atom stereocenters. The van der Waals surface area contributed by atoms with Crippen molar-refractivity contribution in [3.63, 3.8) is 0 Å². The molecule has 0 aromatic carbocycles. The summed E-state index contributed by atoms with van der Waals surface area (Å²) >= 11 is 1.70. The van der Waals surface area contributed by atoms with Crippen LogP contribution in [0.15, 0.2) is 0 Å². The number of nitrogens with zero attached hydrogens (tertiary/aromatic N) is 5. The molecule has 0 radical (unpaired) electrons. The SMILES string of the molecule is Cc1nn(C)c2nc(N3CCN([C@H]4CCS(=O)(=O)C4)CC3)sc12. The molecule has 4 rings (SSSR count). The largest absolute Gasteiger partial charge is 0.345 e. The van der Waals surface area contributed by atoms with Crippen LogP contribution < -0.4 is 4.90 Å². The van der Waals surface area contributed by atoms with Gasteiger partial charge in [-0.2, -0.15) is 5.10 Å². The lowest BCUT2D eigenvalue weighted by molar-refractivity contribution is 0.200. The number of anilines is 1. The van der Waals surface area contributed by atoms with Crippen LogP contribution in [-0.4, -0.2) is 71.8 Å². The zero-order valence-corrected chi connectivity index (χ0v) is 15.0. The van der Waals surface area contributed by atoms with Gasteiger partial charge < -0.3 is 4.90 Å². The highest BCUT2D eigenvalue weighted by atomic mass is 32.2. The van der Waals surface area contributed by atoms with Gasteiger partial charge in [0.1, 0.15) is 0 Å². The fraction of sp³-hybridized carbons (Fsp3) is 0.714. The van der Waals surface area contributed by atoms with Crippen LogP contribution in [0.1, 0.15) is 12.1 Å². The Morgan fingerprint density at radius 2 is 1.96 bits per heavy atom. The number of aromatic nitrogens is 3. The van der Waals surface area contributed by atoms with E-state index in [-0.39, 0.29) is 6.04 Å². The van der Waals surface area contributed by atoms with Gasteiger partial charge in [-0.1, -0.05) is 11.3 Å². The lowest BCUT2D eigenvalue weighted by atomic mass is 10.2. The maximum absolute atomic E-state index is 11.6. The fourth-order valence-corrected chi connectivity index (χ4v) is 6.40. The van der Waals surface area contributed by atoms with Gasteiger partial charge in [0.25, 0.3) is 0 Å². The van der Waals surface area contributed by atoms with Crippen LogP contribution in [0.25, 0.3) is 10.3 Å². The van der Waals surface area contributed by atoms with Crippen molar-refractivity contribution in [3.8, 4) is 0 Å². The Morgan fingerprint density at radius 1 is 1.22 bits per heavy atom. The van der Waals surface area contributed by atoms with Crippen LogP contribution >= 0.6 is 11.3 Å². The molecule has 9 heteroatoms. The Kier molecular flexibility index (Phi) is 3.62. The van der Waals surface area contributed by atoms with Gasteiger partial charge in [-0.15, -0.1) is 0 Å². The Hall–Kier alpha value is -1.19. The van der Waals surface area contributed by atoms with Crippen LogP contribution in [0.5, 0.6) is 0 Å². The number of sulfone groups is 1. The minimum atomic E-state index is -2.81. The monoisotopic (exact) mass is 355 g/mol. The smallest absolute Gasteiger partial charge is 0.188 e. The number of rotatable bonds is 2. The first-order valence-electron chi connectivity index (χ1n) is 7.92. The quantitative estimate of drug-likeness (QED) is 0.788. The van der Waals surface area contributed by atoms with Crippen molar-refractivity contribution in [3.05, 3.63) is 5.69 Å². The number of aryl methyl sites for hydroxylation is 2. The molecule has 1 atom stereocenters. The summed E-state index contributed by atoms with van der Waals surface area (Å²) in [6.07, 6.45) is 0.786. The van der Waals surface area contributed by atoms with E-state index in [1.807, 2.05) is 18.7 Å². The highest BCUT2D eigenvalue weighted by Gasteiger charge is 2.34. The fourth-order valence-electron chi connectivity index (χ4n) is 3.55. The lowest BCUT2D eigenvalue weighted by Crippen LogP contribution is -2.50. The summed E-state index contributed by atoms with van der Waals surface area (Å²) in [5, 5.41) is 5.45. The average molecular weight is 355 g/mol. The van der Waals surface area contributed by atoms with Crippen molar-refractivity contribution >= 4 is 36.7 Å². The number of thiazole rings is 1. The molecule has 2 fully saturated rings. The summed E-state index contributed by atoms with van der Waals surface area (Å²) in [4.78, 5) is 9.38. The number of fused-ring (bicyclic) bond motifs is 1. The second-order valence-electron chi connectivity index (χ2n) is 6.44. The number of hydrogen-bond donors (Lipinski definition) is 0. The molecule has 2 aliphatic rings. The van der Waals surface area contributed by atoms with Crippen molar-refractivity contribution in [1.82, 2.24) is 19.7 Å². The van der Waals surface area contributed by atoms with Crippen LogP contribution in [0.4, 0.5) is 5.13 Å². The van der Waals surface area contributed by atoms with Gasteiger partial charge in [0, 0.05) is 39.3 Å². The van der Waals surface area contributed by atoms with E-state index in [0.29, 0.717) is 11.5 Å². The van der Waals surface area contributed by atoms with Crippen molar-refractivity contribution in [2.45, 2.75) is 19.4 Å². The zero-order valence-electron chi connectivity index (χ0n) is 13.4. The van der Waals surface area contributed by atoms with Gasteiger partial charge in [-0.3, -0.25) is 4.90 Å². The Morgan fingerprint density at radius 3 is 2.57 bits per heavy atom. The van der Waals surface area contributed by atoms with E-state index in [1.54, 1.807) is 11.3 Å².